The zero-order chi connectivity index (χ0) is 19.5. The summed E-state index contributed by atoms with van der Waals surface area (Å²) in [7, 11) is -3.79. The maximum atomic E-state index is 12.4. The molecule has 0 saturated carbocycles. The minimum absolute atomic E-state index is 0.0360. The summed E-state index contributed by atoms with van der Waals surface area (Å²) in [5.74, 6) is -0.947. The van der Waals surface area contributed by atoms with Crippen LogP contribution in [0.15, 0.2) is 24.3 Å². The Bertz CT molecular complexity index is 747. The highest BCUT2D eigenvalue weighted by molar-refractivity contribution is 7.93. The van der Waals surface area contributed by atoms with Crippen LogP contribution in [0.1, 0.15) is 26.7 Å². The number of anilines is 1. The standard InChI is InChI=1S/C18H26N2O6S/c1-14(2)26-16-5-3-15(4-6-16)19-27(22,23)13-17(21)20-9-7-18(8-10-20)24-11-12-25-18/h3-6,14,19H,7-13H2,1-2H3. The van der Waals surface area contributed by atoms with Gasteiger partial charge in [0.1, 0.15) is 11.5 Å². The van der Waals surface area contributed by atoms with E-state index in [2.05, 4.69) is 4.72 Å². The van der Waals surface area contributed by atoms with E-state index >= 15 is 0 Å². The van der Waals surface area contributed by atoms with Crippen molar-refractivity contribution >= 4 is 21.6 Å². The molecular weight excluding hydrogens is 372 g/mol. The number of carbonyl (C=O) groups is 1. The Balaban J connectivity index is 1.52. The molecule has 2 aliphatic heterocycles. The topological polar surface area (TPSA) is 94.2 Å². The van der Waals surface area contributed by atoms with E-state index in [1.807, 2.05) is 13.8 Å². The predicted octanol–water partition coefficient (Wildman–Crippen LogP) is 1.58. The average Bonchev–Trinajstić information content (AvgIpc) is 3.04. The maximum absolute atomic E-state index is 12.4. The van der Waals surface area contributed by atoms with Gasteiger partial charge in [0.05, 0.1) is 19.3 Å². The predicted molar refractivity (Wildman–Crippen MR) is 100 cm³/mol. The van der Waals surface area contributed by atoms with Crippen LogP contribution in [0.4, 0.5) is 5.69 Å². The average molecular weight is 398 g/mol. The van der Waals surface area contributed by atoms with Gasteiger partial charge >= 0.3 is 0 Å². The minimum atomic E-state index is -3.79. The first-order chi connectivity index (χ1) is 12.8. The monoisotopic (exact) mass is 398 g/mol. The van der Waals surface area contributed by atoms with Crippen molar-refractivity contribution in [2.24, 2.45) is 0 Å². The van der Waals surface area contributed by atoms with Gasteiger partial charge in [-0.05, 0) is 38.1 Å². The molecule has 0 radical (unpaired) electrons. The molecule has 1 spiro atoms. The van der Waals surface area contributed by atoms with Gasteiger partial charge in [-0.1, -0.05) is 0 Å². The number of sulfonamides is 1. The van der Waals surface area contributed by atoms with Crippen molar-refractivity contribution in [1.82, 2.24) is 4.90 Å². The minimum Gasteiger partial charge on any atom is -0.491 e. The Hall–Kier alpha value is -1.84. The first-order valence-corrected chi connectivity index (χ1v) is 10.8. The van der Waals surface area contributed by atoms with Crippen molar-refractivity contribution in [3.63, 3.8) is 0 Å². The van der Waals surface area contributed by atoms with Gasteiger partial charge in [-0.25, -0.2) is 8.42 Å². The van der Waals surface area contributed by atoms with Crippen LogP contribution in [0.25, 0.3) is 0 Å². The van der Waals surface area contributed by atoms with Crippen LogP contribution in [0, 0.1) is 0 Å². The number of hydrogen-bond acceptors (Lipinski definition) is 6. The Labute approximate surface area is 159 Å². The summed E-state index contributed by atoms with van der Waals surface area (Å²) in [6.45, 7) is 5.80. The molecule has 2 heterocycles. The van der Waals surface area contributed by atoms with Crippen LogP contribution in [0.2, 0.25) is 0 Å². The van der Waals surface area contributed by atoms with Crippen molar-refractivity contribution in [3.05, 3.63) is 24.3 Å². The Morgan fingerprint density at radius 3 is 2.33 bits per heavy atom. The third-order valence-corrected chi connectivity index (χ3v) is 5.68. The molecule has 2 aliphatic rings. The highest BCUT2D eigenvalue weighted by Crippen LogP contribution is 2.31. The quantitative estimate of drug-likeness (QED) is 0.782. The molecule has 2 saturated heterocycles. The van der Waals surface area contributed by atoms with Crippen molar-refractivity contribution in [1.29, 1.82) is 0 Å². The molecule has 0 bridgehead atoms. The molecule has 2 fully saturated rings. The smallest absolute Gasteiger partial charge is 0.241 e. The van der Waals surface area contributed by atoms with Gasteiger partial charge in [-0.15, -0.1) is 0 Å². The van der Waals surface area contributed by atoms with Crippen LogP contribution in [0.5, 0.6) is 5.75 Å². The SMILES string of the molecule is CC(C)Oc1ccc(NS(=O)(=O)CC(=O)N2CCC3(CC2)OCCO3)cc1. The van der Waals surface area contributed by atoms with Gasteiger partial charge in [-0.2, -0.15) is 0 Å². The van der Waals surface area contributed by atoms with E-state index in [1.165, 1.54) is 0 Å². The zero-order valence-corrected chi connectivity index (χ0v) is 16.5. The molecule has 8 nitrogen and oxygen atoms in total. The fourth-order valence-electron chi connectivity index (χ4n) is 3.23. The molecule has 0 atom stereocenters. The Morgan fingerprint density at radius 2 is 1.78 bits per heavy atom. The number of hydrogen-bond donors (Lipinski definition) is 1. The van der Waals surface area contributed by atoms with E-state index in [9.17, 15) is 13.2 Å². The van der Waals surface area contributed by atoms with E-state index in [4.69, 9.17) is 14.2 Å². The van der Waals surface area contributed by atoms with E-state index in [-0.39, 0.29) is 6.10 Å². The Kier molecular flexibility index (Phi) is 5.92. The van der Waals surface area contributed by atoms with Gasteiger partial charge in [-0.3, -0.25) is 9.52 Å². The summed E-state index contributed by atoms with van der Waals surface area (Å²) in [4.78, 5) is 13.9. The van der Waals surface area contributed by atoms with E-state index in [1.54, 1.807) is 29.2 Å². The summed E-state index contributed by atoms with van der Waals surface area (Å²) in [5.41, 5.74) is 0.393. The van der Waals surface area contributed by atoms with Gasteiger partial charge in [0.25, 0.3) is 0 Å². The fourth-order valence-corrected chi connectivity index (χ4v) is 4.30. The largest absolute Gasteiger partial charge is 0.491 e. The number of carbonyl (C=O) groups excluding carboxylic acids is 1. The molecule has 3 rings (SSSR count). The second-order valence-corrected chi connectivity index (χ2v) is 8.76. The van der Waals surface area contributed by atoms with Crippen molar-refractivity contribution in [3.8, 4) is 5.75 Å². The second kappa shape index (κ2) is 8.04. The first kappa shape index (κ1) is 19.9. The third kappa shape index (κ3) is 5.33. The zero-order valence-electron chi connectivity index (χ0n) is 15.6. The lowest BCUT2D eigenvalue weighted by Crippen LogP contribution is -2.49. The van der Waals surface area contributed by atoms with E-state index in [0.29, 0.717) is 50.6 Å². The number of nitrogens with zero attached hydrogens (tertiary/aromatic N) is 1. The lowest BCUT2D eigenvalue weighted by Gasteiger charge is -2.37. The highest BCUT2D eigenvalue weighted by Gasteiger charge is 2.41. The number of ether oxygens (including phenoxy) is 3. The highest BCUT2D eigenvalue weighted by atomic mass is 32.2. The number of amides is 1. The first-order valence-electron chi connectivity index (χ1n) is 9.10. The molecule has 0 unspecified atom stereocenters. The lowest BCUT2D eigenvalue weighted by atomic mass is 10.0. The van der Waals surface area contributed by atoms with Crippen molar-refractivity contribution in [2.75, 3.05) is 36.8 Å². The lowest BCUT2D eigenvalue weighted by molar-refractivity contribution is -0.186. The number of likely N-dealkylation sites (tertiary alicyclic amines) is 1. The van der Waals surface area contributed by atoms with Gasteiger partial charge in [0, 0.05) is 31.6 Å². The molecule has 0 aromatic heterocycles. The summed E-state index contributed by atoms with van der Waals surface area (Å²) < 4.78 is 43.9. The number of nitrogens with one attached hydrogen (secondary N) is 1. The van der Waals surface area contributed by atoms with E-state index < -0.39 is 27.5 Å². The van der Waals surface area contributed by atoms with Crippen molar-refractivity contribution < 1.29 is 27.4 Å². The van der Waals surface area contributed by atoms with Gasteiger partial charge < -0.3 is 19.1 Å². The normalized spacial score (nSPS) is 19.4. The summed E-state index contributed by atoms with van der Waals surface area (Å²) in [5, 5.41) is 0. The van der Waals surface area contributed by atoms with Gasteiger partial charge in [0.15, 0.2) is 5.79 Å². The number of benzene rings is 1. The molecule has 1 N–H and O–H groups in total. The molecule has 150 valence electrons. The second-order valence-electron chi connectivity index (χ2n) is 7.04. The number of rotatable bonds is 6. The molecule has 1 aromatic carbocycles. The van der Waals surface area contributed by atoms with Crippen LogP contribution in [-0.4, -0.2) is 63.2 Å². The Morgan fingerprint density at radius 1 is 1.19 bits per heavy atom. The number of piperidine rings is 1. The summed E-state index contributed by atoms with van der Waals surface area (Å²) in [6.07, 6.45) is 1.15. The van der Waals surface area contributed by atoms with Crippen LogP contribution >= 0.6 is 0 Å². The van der Waals surface area contributed by atoms with Crippen molar-refractivity contribution in [2.45, 2.75) is 38.6 Å². The van der Waals surface area contributed by atoms with E-state index in [0.717, 1.165) is 0 Å². The molecule has 9 heteroatoms. The molecule has 0 aliphatic carbocycles. The summed E-state index contributed by atoms with van der Waals surface area (Å²) >= 11 is 0. The van der Waals surface area contributed by atoms with Gasteiger partial charge in [0.2, 0.25) is 15.9 Å². The maximum Gasteiger partial charge on any atom is 0.241 e. The van der Waals surface area contributed by atoms with Crippen LogP contribution in [-0.2, 0) is 24.3 Å². The molecule has 1 amide bonds. The molecular formula is C18H26N2O6S. The van der Waals surface area contributed by atoms with Crippen LogP contribution < -0.4 is 9.46 Å². The van der Waals surface area contributed by atoms with Crippen LogP contribution in [0.3, 0.4) is 0 Å². The summed E-state index contributed by atoms with van der Waals surface area (Å²) in [6, 6.07) is 6.59. The third-order valence-electron chi connectivity index (χ3n) is 4.50. The molecule has 1 aromatic rings. The fraction of sp³-hybridized carbons (Fsp3) is 0.611. The molecule has 27 heavy (non-hydrogen) atoms.